The number of para-hydroxylation sites is 2. The van der Waals surface area contributed by atoms with E-state index in [1.807, 2.05) is 61.5 Å². The van der Waals surface area contributed by atoms with Gasteiger partial charge < -0.3 is 14.2 Å². The Balaban J connectivity index is 1.47. The predicted octanol–water partition coefficient (Wildman–Crippen LogP) is 6.52. The summed E-state index contributed by atoms with van der Waals surface area (Å²) in [6, 6.07) is 20.6. The van der Waals surface area contributed by atoms with E-state index in [2.05, 4.69) is 0 Å². The maximum absolute atomic E-state index is 13.0. The van der Waals surface area contributed by atoms with E-state index in [-0.39, 0.29) is 5.91 Å². The molecule has 1 aliphatic rings. The van der Waals surface area contributed by atoms with Gasteiger partial charge in [0.1, 0.15) is 19.0 Å². The van der Waals surface area contributed by atoms with Crippen LogP contribution >= 0.6 is 35.6 Å². The fourth-order valence-corrected chi connectivity index (χ4v) is 4.97. The van der Waals surface area contributed by atoms with Gasteiger partial charge in [0.15, 0.2) is 15.8 Å². The Kier molecular flexibility index (Phi) is 7.77. The lowest BCUT2D eigenvalue weighted by Gasteiger charge is -2.15. The fraction of sp³-hybridized carbons (Fsp3) is 0.154. The van der Waals surface area contributed by atoms with Gasteiger partial charge in [-0.2, -0.15) is 0 Å². The van der Waals surface area contributed by atoms with Gasteiger partial charge in [0.05, 0.1) is 22.7 Å². The number of anilines is 1. The molecule has 0 N–H and O–H groups in total. The summed E-state index contributed by atoms with van der Waals surface area (Å²) in [6.07, 6.45) is 1.75. The molecule has 1 saturated heterocycles. The first-order chi connectivity index (χ1) is 16.5. The molecule has 0 bridgehead atoms. The molecule has 1 aliphatic heterocycles. The number of nitrogens with zero attached hydrogens (tertiary/aromatic N) is 1. The van der Waals surface area contributed by atoms with Crippen molar-refractivity contribution in [2.75, 3.05) is 25.2 Å². The summed E-state index contributed by atoms with van der Waals surface area (Å²) in [6.45, 7) is 2.63. The second-order valence-electron chi connectivity index (χ2n) is 7.35. The van der Waals surface area contributed by atoms with Crippen LogP contribution in [0.2, 0.25) is 5.02 Å². The van der Waals surface area contributed by atoms with Gasteiger partial charge in [-0.25, -0.2) is 0 Å². The Labute approximate surface area is 213 Å². The Morgan fingerprint density at radius 2 is 1.71 bits per heavy atom. The molecule has 1 heterocycles. The van der Waals surface area contributed by atoms with Gasteiger partial charge in [0, 0.05) is 0 Å². The maximum atomic E-state index is 13.0. The monoisotopic (exact) mass is 511 g/mol. The van der Waals surface area contributed by atoms with Crippen LogP contribution < -0.4 is 19.1 Å². The third-order valence-corrected chi connectivity index (χ3v) is 6.62. The first-order valence-electron chi connectivity index (χ1n) is 10.5. The van der Waals surface area contributed by atoms with Crippen LogP contribution in [-0.4, -0.2) is 30.6 Å². The molecule has 0 aliphatic carbocycles. The molecule has 8 heteroatoms. The van der Waals surface area contributed by atoms with Crippen molar-refractivity contribution in [3.05, 3.63) is 87.8 Å². The number of thioether (sulfide) groups is 1. The highest BCUT2D eigenvalue weighted by Gasteiger charge is 2.33. The van der Waals surface area contributed by atoms with Gasteiger partial charge in [0.2, 0.25) is 0 Å². The zero-order valence-corrected chi connectivity index (χ0v) is 21.0. The van der Waals surface area contributed by atoms with E-state index in [1.165, 1.54) is 16.7 Å². The van der Waals surface area contributed by atoms with Crippen molar-refractivity contribution in [3.8, 4) is 17.2 Å². The van der Waals surface area contributed by atoms with Crippen LogP contribution in [0.25, 0.3) is 6.08 Å². The van der Waals surface area contributed by atoms with Gasteiger partial charge in [-0.05, 0) is 54.5 Å². The number of aryl methyl sites for hydroxylation is 1. The molecule has 1 amide bonds. The number of amides is 1. The molecular weight excluding hydrogens is 490 g/mol. The number of halogens is 1. The molecule has 174 valence electrons. The highest BCUT2D eigenvalue weighted by molar-refractivity contribution is 8.27. The van der Waals surface area contributed by atoms with Crippen LogP contribution in [0.3, 0.4) is 0 Å². The van der Waals surface area contributed by atoms with Gasteiger partial charge in [-0.15, -0.1) is 0 Å². The Morgan fingerprint density at radius 1 is 1.00 bits per heavy atom. The number of benzene rings is 3. The molecule has 0 unspecified atom stereocenters. The first-order valence-corrected chi connectivity index (χ1v) is 12.1. The number of thiocarbonyl (C=S) groups is 1. The van der Waals surface area contributed by atoms with Crippen molar-refractivity contribution >= 4 is 57.6 Å². The van der Waals surface area contributed by atoms with Gasteiger partial charge in [0.25, 0.3) is 5.91 Å². The van der Waals surface area contributed by atoms with Gasteiger partial charge in [-0.1, -0.05) is 72.0 Å². The predicted molar refractivity (Wildman–Crippen MR) is 142 cm³/mol. The lowest BCUT2D eigenvalue weighted by Crippen LogP contribution is -2.27. The summed E-state index contributed by atoms with van der Waals surface area (Å²) in [4.78, 5) is 15.0. The zero-order valence-electron chi connectivity index (χ0n) is 18.6. The number of hydrogen-bond acceptors (Lipinski definition) is 6. The standard InChI is InChI=1S/C26H22ClNO4S2/c1-17-8-6-7-11-21(17)31-12-13-32-24-20(27)14-18(15-22(24)30-2)16-23-25(29)28(26(33)34-23)19-9-4-3-5-10-19/h3-11,14-16H,12-13H2,1-2H3/b23-16-. The second-order valence-corrected chi connectivity index (χ2v) is 9.43. The van der Waals surface area contributed by atoms with Crippen molar-refractivity contribution in [1.29, 1.82) is 0 Å². The van der Waals surface area contributed by atoms with Crippen LogP contribution in [0, 0.1) is 6.92 Å². The summed E-state index contributed by atoms with van der Waals surface area (Å²) in [5, 5.41) is 0.375. The molecule has 5 nitrogen and oxygen atoms in total. The lowest BCUT2D eigenvalue weighted by molar-refractivity contribution is -0.113. The molecular formula is C26H22ClNO4S2. The van der Waals surface area contributed by atoms with Crippen LogP contribution in [0.1, 0.15) is 11.1 Å². The number of ether oxygens (including phenoxy) is 3. The molecule has 4 rings (SSSR count). The highest BCUT2D eigenvalue weighted by Crippen LogP contribution is 2.40. The van der Waals surface area contributed by atoms with E-state index in [4.69, 9.17) is 38.0 Å². The molecule has 0 saturated carbocycles. The average Bonchev–Trinajstić information content (AvgIpc) is 3.11. The Morgan fingerprint density at radius 3 is 2.44 bits per heavy atom. The topological polar surface area (TPSA) is 48.0 Å². The van der Waals surface area contributed by atoms with E-state index in [0.29, 0.717) is 44.5 Å². The van der Waals surface area contributed by atoms with E-state index in [9.17, 15) is 4.79 Å². The lowest BCUT2D eigenvalue weighted by atomic mass is 10.1. The second kappa shape index (κ2) is 11.0. The van der Waals surface area contributed by atoms with Crippen molar-refractivity contribution in [3.63, 3.8) is 0 Å². The third-order valence-electron chi connectivity index (χ3n) is 5.04. The number of carbonyl (C=O) groups is 1. The van der Waals surface area contributed by atoms with Crippen LogP contribution in [0.5, 0.6) is 17.2 Å². The number of methoxy groups -OCH3 is 1. The van der Waals surface area contributed by atoms with Crippen molar-refractivity contribution in [2.45, 2.75) is 6.92 Å². The molecule has 34 heavy (non-hydrogen) atoms. The smallest absolute Gasteiger partial charge is 0.270 e. The zero-order chi connectivity index (χ0) is 24.1. The van der Waals surface area contributed by atoms with Gasteiger partial charge in [-0.3, -0.25) is 9.69 Å². The Bertz CT molecular complexity index is 1250. The Hall–Kier alpha value is -3.00. The molecule has 0 spiro atoms. The highest BCUT2D eigenvalue weighted by atomic mass is 35.5. The van der Waals surface area contributed by atoms with E-state index >= 15 is 0 Å². The minimum atomic E-state index is -0.176. The summed E-state index contributed by atoms with van der Waals surface area (Å²) >= 11 is 13.2. The minimum absolute atomic E-state index is 0.176. The fourth-order valence-electron chi connectivity index (χ4n) is 3.40. The molecule has 3 aromatic carbocycles. The first kappa shape index (κ1) is 24.1. The SMILES string of the molecule is COc1cc(/C=C2\SC(=S)N(c3ccccc3)C2=O)cc(Cl)c1OCCOc1ccccc1C. The summed E-state index contributed by atoms with van der Waals surface area (Å²) in [7, 11) is 1.54. The number of rotatable bonds is 8. The third kappa shape index (κ3) is 5.38. The summed E-state index contributed by atoms with van der Waals surface area (Å²) < 4.78 is 17.6. The molecule has 0 aromatic heterocycles. The average molecular weight is 512 g/mol. The van der Waals surface area contributed by atoms with E-state index in [0.717, 1.165) is 17.0 Å². The molecule has 0 radical (unpaired) electrons. The largest absolute Gasteiger partial charge is 0.493 e. The number of hydrogen-bond donors (Lipinski definition) is 0. The van der Waals surface area contributed by atoms with E-state index in [1.54, 1.807) is 25.3 Å². The quantitative estimate of drug-likeness (QED) is 0.195. The van der Waals surface area contributed by atoms with Crippen LogP contribution in [-0.2, 0) is 4.79 Å². The van der Waals surface area contributed by atoms with Crippen molar-refractivity contribution in [2.24, 2.45) is 0 Å². The number of carbonyl (C=O) groups excluding carboxylic acids is 1. The maximum Gasteiger partial charge on any atom is 0.270 e. The van der Waals surface area contributed by atoms with Crippen molar-refractivity contribution in [1.82, 2.24) is 0 Å². The van der Waals surface area contributed by atoms with Crippen molar-refractivity contribution < 1.29 is 19.0 Å². The van der Waals surface area contributed by atoms with E-state index < -0.39 is 0 Å². The molecule has 3 aromatic rings. The normalized spacial score (nSPS) is 14.6. The molecule has 1 fully saturated rings. The van der Waals surface area contributed by atoms with Crippen LogP contribution in [0.4, 0.5) is 5.69 Å². The summed E-state index contributed by atoms with van der Waals surface area (Å²) in [5.74, 6) is 1.53. The van der Waals surface area contributed by atoms with Crippen LogP contribution in [0.15, 0.2) is 71.6 Å². The van der Waals surface area contributed by atoms with Gasteiger partial charge >= 0.3 is 0 Å². The molecule has 0 atom stereocenters. The summed E-state index contributed by atoms with van der Waals surface area (Å²) in [5.41, 5.74) is 2.50. The minimum Gasteiger partial charge on any atom is -0.493 e.